The second-order valence-corrected chi connectivity index (χ2v) is 5.42. The van der Waals surface area contributed by atoms with Crippen molar-refractivity contribution in [3.8, 4) is 0 Å². The predicted octanol–water partition coefficient (Wildman–Crippen LogP) is -7.42. The summed E-state index contributed by atoms with van der Waals surface area (Å²) in [5.41, 5.74) is 0. The zero-order valence-electron chi connectivity index (χ0n) is 12.6. The van der Waals surface area contributed by atoms with Gasteiger partial charge in [0.1, 0.15) is 61.0 Å². The summed E-state index contributed by atoms with van der Waals surface area (Å²) in [5.74, 6) is 0. The molecule has 1 rings (SSSR count). The molecule has 0 aromatic carbocycles. The first-order valence-corrected chi connectivity index (χ1v) is 7.03. The standard InChI is InChI=1S/C6H12O6.C6H14O6/c7-1-2(8)4(10)6(12)5(11)3(1)9;7-1-3(9)5(11)6(12)4(10)2-8/h1-12H;3-12H,1-2H2/t1-,2-,3-,4+,5-,6-;3-,4+,5-,6-/m.1/s1. The van der Waals surface area contributed by atoms with Crippen LogP contribution in [0.1, 0.15) is 0 Å². The van der Waals surface area contributed by atoms with Gasteiger partial charge in [-0.1, -0.05) is 0 Å². The van der Waals surface area contributed by atoms with Gasteiger partial charge in [-0.2, -0.15) is 0 Å². The van der Waals surface area contributed by atoms with Crippen molar-refractivity contribution in [2.45, 2.75) is 61.0 Å². The average Bonchev–Trinajstić information content (AvgIpc) is 2.60. The van der Waals surface area contributed by atoms with Crippen LogP contribution in [-0.2, 0) is 0 Å². The molecule has 1 aliphatic rings. The Hall–Kier alpha value is -0.480. The summed E-state index contributed by atoms with van der Waals surface area (Å²) in [6.45, 7) is -1.45. The van der Waals surface area contributed by atoms with Crippen molar-refractivity contribution in [3.63, 3.8) is 0 Å². The summed E-state index contributed by atoms with van der Waals surface area (Å²) < 4.78 is 0. The van der Waals surface area contributed by atoms with Crippen LogP contribution in [0.15, 0.2) is 0 Å². The van der Waals surface area contributed by atoms with Gasteiger partial charge < -0.3 is 61.3 Å². The van der Waals surface area contributed by atoms with E-state index >= 15 is 0 Å². The number of hydrogen-bond donors (Lipinski definition) is 12. The number of rotatable bonds is 5. The Morgan fingerprint density at radius 1 is 0.458 bits per heavy atom. The van der Waals surface area contributed by atoms with Crippen LogP contribution in [0.25, 0.3) is 0 Å². The maximum absolute atomic E-state index is 8.97. The van der Waals surface area contributed by atoms with Gasteiger partial charge >= 0.3 is 0 Å². The van der Waals surface area contributed by atoms with Crippen LogP contribution in [0.3, 0.4) is 0 Å². The summed E-state index contributed by atoms with van der Waals surface area (Å²) in [6.07, 6.45) is -16.2. The van der Waals surface area contributed by atoms with E-state index in [4.69, 9.17) is 61.3 Å². The second-order valence-electron chi connectivity index (χ2n) is 5.42. The molecule has 1 fully saturated rings. The Balaban J connectivity index is 0.000000441. The molecule has 1 saturated carbocycles. The first-order valence-electron chi connectivity index (χ1n) is 7.03. The molecule has 0 heterocycles. The summed E-state index contributed by atoms with van der Waals surface area (Å²) in [4.78, 5) is 0. The summed E-state index contributed by atoms with van der Waals surface area (Å²) in [7, 11) is 0. The fraction of sp³-hybridized carbons (Fsp3) is 1.00. The normalized spacial score (nSPS) is 38.5. The number of hydrogen-bond acceptors (Lipinski definition) is 12. The highest BCUT2D eigenvalue weighted by molar-refractivity contribution is 4.98. The van der Waals surface area contributed by atoms with Crippen LogP contribution in [0, 0.1) is 0 Å². The average molecular weight is 362 g/mol. The van der Waals surface area contributed by atoms with E-state index in [0.29, 0.717) is 0 Å². The lowest BCUT2D eigenvalue weighted by atomic mass is 9.85. The minimum Gasteiger partial charge on any atom is -0.394 e. The molecule has 12 nitrogen and oxygen atoms in total. The minimum atomic E-state index is -1.67. The molecule has 12 N–H and O–H groups in total. The van der Waals surface area contributed by atoms with E-state index in [9.17, 15) is 0 Å². The first kappa shape index (κ1) is 23.5. The SMILES string of the molecule is OC[C@@H](O)[C@@H](O)[C@H](O)[C@@H](O)CO.O[C@H]1[C@H](O)[C@@H](O)[C@H](O)[C@@H](O)[C@H]1O. The van der Waals surface area contributed by atoms with Crippen molar-refractivity contribution >= 4 is 0 Å². The van der Waals surface area contributed by atoms with Gasteiger partial charge in [-0.15, -0.1) is 0 Å². The Kier molecular flexibility index (Phi) is 10.3. The van der Waals surface area contributed by atoms with E-state index in [2.05, 4.69) is 0 Å². The summed E-state index contributed by atoms with van der Waals surface area (Å²) >= 11 is 0. The molecule has 0 amide bonds. The van der Waals surface area contributed by atoms with Crippen LogP contribution in [0.5, 0.6) is 0 Å². The van der Waals surface area contributed by atoms with Crippen molar-refractivity contribution in [2.24, 2.45) is 0 Å². The van der Waals surface area contributed by atoms with E-state index in [0.717, 1.165) is 0 Å². The van der Waals surface area contributed by atoms with Crippen molar-refractivity contribution in [1.82, 2.24) is 0 Å². The number of aliphatic hydroxyl groups excluding tert-OH is 12. The quantitative estimate of drug-likeness (QED) is 0.218. The van der Waals surface area contributed by atoms with E-state index in [1.54, 1.807) is 0 Å². The Morgan fingerprint density at radius 2 is 0.625 bits per heavy atom. The molecule has 0 saturated heterocycles. The predicted molar refractivity (Wildman–Crippen MR) is 74.2 cm³/mol. The Labute approximate surface area is 136 Å². The molecule has 24 heavy (non-hydrogen) atoms. The topological polar surface area (TPSA) is 243 Å². The first-order chi connectivity index (χ1) is 11.0. The van der Waals surface area contributed by atoms with Crippen molar-refractivity contribution in [3.05, 3.63) is 0 Å². The summed E-state index contributed by atoms with van der Waals surface area (Å²) in [5, 5.41) is 106. The molecule has 1 aliphatic carbocycles. The van der Waals surface area contributed by atoms with Gasteiger partial charge in [0.25, 0.3) is 0 Å². The van der Waals surface area contributed by atoms with Crippen LogP contribution in [0.4, 0.5) is 0 Å². The second kappa shape index (κ2) is 10.5. The van der Waals surface area contributed by atoms with Gasteiger partial charge in [0.2, 0.25) is 0 Å². The lowest BCUT2D eigenvalue weighted by Crippen LogP contribution is -2.63. The van der Waals surface area contributed by atoms with E-state index in [-0.39, 0.29) is 0 Å². The molecular formula is C12H26O12. The molecule has 0 radical (unpaired) electrons. The van der Waals surface area contributed by atoms with Gasteiger partial charge in [-0.3, -0.25) is 0 Å². The fourth-order valence-corrected chi connectivity index (χ4v) is 1.88. The third-order valence-electron chi connectivity index (χ3n) is 3.61. The molecule has 0 bridgehead atoms. The Bertz CT molecular complexity index is 263. The Morgan fingerprint density at radius 3 is 0.750 bits per heavy atom. The monoisotopic (exact) mass is 362 g/mol. The van der Waals surface area contributed by atoms with E-state index < -0.39 is 74.3 Å². The third-order valence-corrected chi connectivity index (χ3v) is 3.61. The maximum Gasteiger partial charge on any atom is 0.111 e. The molecule has 0 spiro atoms. The van der Waals surface area contributed by atoms with Crippen LogP contribution < -0.4 is 0 Å². The largest absolute Gasteiger partial charge is 0.394 e. The molecule has 4 atom stereocenters. The minimum absolute atomic E-state index is 0.726. The van der Waals surface area contributed by atoms with Crippen molar-refractivity contribution in [1.29, 1.82) is 0 Å². The molecule has 0 aromatic rings. The maximum atomic E-state index is 8.97. The van der Waals surface area contributed by atoms with Crippen molar-refractivity contribution < 1.29 is 61.3 Å². The van der Waals surface area contributed by atoms with Crippen LogP contribution in [0.2, 0.25) is 0 Å². The van der Waals surface area contributed by atoms with E-state index in [1.807, 2.05) is 0 Å². The highest BCUT2D eigenvalue weighted by Gasteiger charge is 2.47. The summed E-state index contributed by atoms with van der Waals surface area (Å²) in [6, 6.07) is 0. The van der Waals surface area contributed by atoms with Gasteiger partial charge in [0.15, 0.2) is 0 Å². The van der Waals surface area contributed by atoms with Crippen LogP contribution in [-0.4, -0.2) is 136 Å². The highest BCUT2D eigenvalue weighted by atomic mass is 16.4. The molecule has 146 valence electrons. The molecule has 0 aromatic heterocycles. The molecular weight excluding hydrogens is 336 g/mol. The van der Waals surface area contributed by atoms with Crippen molar-refractivity contribution in [2.75, 3.05) is 13.2 Å². The lowest BCUT2D eigenvalue weighted by molar-refractivity contribution is -0.223. The smallest absolute Gasteiger partial charge is 0.111 e. The zero-order valence-corrected chi connectivity index (χ0v) is 12.6. The van der Waals surface area contributed by atoms with Gasteiger partial charge in [0.05, 0.1) is 13.2 Å². The molecule has 0 unspecified atom stereocenters. The van der Waals surface area contributed by atoms with Crippen LogP contribution >= 0.6 is 0 Å². The molecule has 0 aliphatic heterocycles. The van der Waals surface area contributed by atoms with Gasteiger partial charge in [0, 0.05) is 0 Å². The van der Waals surface area contributed by atoms with Gasteiger partial charge in [-0.05, 0) is 0 Å². The number of aliphatic hydroxyl groups is 12. The zero-order chi connectivity index (χ0) is 19.2. The van der Waals surface area contributed by atoms with Gasteiger partial charge in [-0.25, -0.2) is 0 Å². The fourth-order valence-electron chi connectivity index (χ4n) is 1.88. The third kappa shape index (κ3) is 5.80. The molecule has 12 heteroatoms. The highest BCUT2D eigenvalue weighted by Crippen LogP contribution is 2.20. The lowest BCUT2D eigenvalue weighted by Gasteiger charge is -2.39. The van der Waals surface area contributed by atoms with E-state index in [1.165, 1.54) is 0 Å².